The quantitative estimate of drug-likeness (QED) is 0.671. The number of carbonyl (C=O) groups is 1. The second-order valence-electron chi connectivity index (χ2n) is 3.98. The minimum absolute atomic E-state index is 0.109. The Hall–Kier alpha value is -0.610. The Morgan fingerprint density at radius 3 is 2.40 bits per heavy atom. The van der Waals surface area contributed by atoms with Gasteiger partial charge >= 0.3 is 5.97 Å². The molecule has 0 saturated heterocycles. The molecular weight excluding hydrogens is 194 g/mol. The van der Waals surface area contributed by atoms with Gasteiger partial charge in [-0.3, -0.25) is 9.69 Å². The van der Waals surface area contributed by atoms with Gasteiger partial charge in [0.15, 0.2) is 0 Å². The fourth-order valence-corrected chi connectivity index (χ4v) is 1.76. The van der Waals surface area contributed by atoms with E-state index in [9.17, 15) is 4.79 Å². The van der Waals surface area contributed by atoms with Crippen LogP contribution in [0.1, 0.15) is 33.6 Å². The molecule has 0 rings (SSSR count). The third kappa shape index (κ3) is 5.74. The van der Waals surface area contributed by atoms with Crippen LogP contribution in [0.2, 0.25) is 0 Å². The summed E-state index contributed by atoms with van der Waals surface area (Å²) in [6.07, 6.45) is 1.06. The van der Waals surface area contributed by atoms with Gasteiger partial charge in [0.2, 0.25) is 0 Å². The van der Waals surface area contributed by atoms with Crippen LogP contribution in [0, 0.1) is 0 Å². The smallest absolute Gasteiger partial charge is 0.304 e. The number of ether oxygens (including phenoxy) is 1. The van der Waals surface area contributed by atoms with Gasteiger partial charge in [-0.15, -0.1) is 0 Å². The van der Waals surface area contributed by atoms with Gasteiger partial charge in [-0.2, -0.15) is 0 Å². The number of hydrogen-bond acceptors (Lipinski definition) is 3. The van der Waals surface area contributed by atoms with Crippen molar-refractivity contribution in [1.29, 1.82) is 0 Å². The summed E-state index contributed by atoms with van der Waals surface area (Å²) in [6.45, 7) is 7.63. The molecule has 0 aromatic rings. The van der Waals surface area contributed by atoms with Crippen molar-refractivity contribution in [3.05, 3.63) is 0 Å². The molecule has 0 aromatic heterocycles. The highest BCUT2D eigenvalue weighted by Gasteiger charge is 2.21. The average molecular weight is 217 g/mol. The zero-order valence-corrected chi connectivity index (χ0v) is 10.2. The number of methoxy groups -OCH3 is 1. The fraction of sp³-hybridized carbons (Fsp3) is 0.909. The van der Waals surface area contributed by atoms with Gasteiger partial charge in [0.25, 0.3) is 0 Å². The van der Waals surface area contributed by atoms with E-state index in [0.29, 0.717) is 12.6 Å². The summed E-state index contributed by atoms with van der Waals surface area (Å²) in [5, 5.41) is 8.81. The van der Waals surface area contributed by atoms with Crippen LogP contribution < -0.4 is 0 Å². The first-order valence-electron chi connectivity index (χ1n) is 5.49. The predicted octanol–water partition coefficient (Wildman–Crippen LogP) is 1.60. The molecule has 15 heavy (non-hydrogen) atoms. The van der Waals surface area contributed by atoms with Gasteiger partial charge in [-0.05, 0) is 20.3 Å². The van der Waals surface area contributed by atoms with E-state index in [0.717, 1.165) is 13.0 Å². The van der Waals surface area contributed by atoms with E-state index in [1.165, 1.54) is 0 Å². The largest absolute Gasteiger partial charge is 0.481 e. The Bertz CT molecular complexity index is 183. The van der Waals surface area contributed by atoms with Crippen molar-refractivity contribution in [3.8, 4) is 0 Å². The third-order valence-corrected chi connectivity index (χ3v) is 2.57. The Morgan fingerprint density at radius 1 is 1.47 bits per heavy atom. The molecule has 4 nitrogen and oxygen atoms in total. The first-order chi connectivity index (χ1) is 7.02. The predicted molar refractivity (Wildman–Crippen MR) is 60.0 cm³/mol. The molecule has 0 aliphatic carbocycles. The highest BCUT2D eigenvalue weighted by Crippen LogP contribution is 2.12. The van der Waals surface area contributed by atoms with E-state index >= 15 is 0 Å². The normalized spacial score (nSPS) is 13.5. The van der Waals surface area contributed by atoms with Crippen molar-refractivity contribution >= 4 is 5.97 Å². The summed E-state index contributed by atoms with van der Waals surface area (Å²) < 4.78 is 5.03. The van der Waals surface area contributed by atoms with Crippen molar-refractivity contribution < 1.29 is 14.6 Å². The molecule has 0 heterocycles. The highest BCUT2D eigenvalue weighted by molar-refractivity contribution is 5.67. The number of carboxylic acids is 1. The molecular formula is C11H23NO3. The van der Waals surface area contributed by atoms with Crippen LogP contribution in [0.15, 0.2) is 0 Å². The monoisotopic (exact) mass is 217 g/mol. The molecule has 4 heteroatoms. The van der Waals surface area contributed by atoms with E-state index in [1.54, 1.807) is 7.11 Å². The van der Waals surface area contributed by atoms with Gasteiger partial charge in [-0.25, -0.2) is 0 Å². The van der Waals surface area contributed by atoms with Crippen molar-refractivity contribution in [3.63, 3.8) is 0 Å². The van der Waals surface area contributed by atoms with Crippen LogP contribution in [-0.2, 0) is 9.53 Å². The van der Waals surface area contributed by atoms with Crippen LogP contribution in [-0.4, -0.2) is 48.3 Å². The van der Waals surface area contributed by atoms with Gasteiger partial charge in [0, 0.05) is 25.7 Å². The van der Waals surface area contributed by atoms with E-state index < -0.39 is 5.97 Å². The number of aliphatic carboxylic acids is 1. The van der Waals surface area contributed by atoms with Gasteiger partial charge in [0.1, 0.15) is 0 Å². The van der Waals surface area contributed by atoms with Crippen molar-refractivity contribution in [2.24, 2.45) is 0 Å². The van der Waals surface area contributed by atoms with Gasteiger partial charge in [0.05, 0.1) is 13.0 Å². The molecule has 1 atom stereocenters. The Labute approximate surface area is 92.2 Å². The van der Waals surface area contributed by atoms with E-state index in [2.05, 4.69) is 18.7 Å². The molecule has 0 amide bonds. The summed E-state index contributed by atoms with van der Waals surface area (Å²) >= 11 is 0. The SMILES string of the molecule is CCC(CC(=O)O)N(CCOC)C(C)C. The maximum absolute atomic E-state index is 10.7. The van der Waals surface area contributed by atoms with Crippen LogP contribution in [0.4, 0.5) is 0 Å². The fourth-order valence-electron chi connectivity index (χ4n) is 1.76. The minimum atomic E-state index is -0.732. The molecule has 0 bridgehead atoms. The lowest BCUT2D eigenvalue weighted by Crippen LogP contribution is -2.43. The number of nitrogens with zero attached hydrogens (tertiary/aromatic N) is 1. The standard InChI is InChI=1S/C11H23NO3/c1-5-10(8-11(13)14)12(9(2)3)6-7-15-4/h9-10H,5-8H2,1-4H3,(H,13,14). The van der Waals surface area contributed by atoms with Crippen LogP contribution in [0.5, 0.6) is 0 Å². The van der Waals surface area contributed by atoms with E-state index in [4.69, 9.17) is 9.84 Å². The van der Waals surface area contributed by atoms with Gasteiger partial charge < -0.3 is 9.84 Å². The van der Waals surface area contributed by atoms with E-state index in [1.807, 2.05) is 6.92 Å². The lowest BCUT2D eigenvalue weighted by atomic mass is 10.1. The van der Waals surface area contributed by atoms with Gasteiger partial charge in [-0.1, -0.05) is 6.92 Å². The molecule has 90 valence electrons. The van der Waals surface area contributed by atoms with Crippen LogP contribution in [0.25, 0.3) is 0 Å². The topological polar surface area (TPSA) is 49.8 Å². The highest BCUT2D eigenvalue weighted by atomic mass is 16.5. The lowest BCUT2D eigenvalue weighted by molar-refractivity contribution is -0.138. The zero-order chi connectivity index (χ0) is 11.8. The maximum Gasteiger partial charge on any atom is 0.304 e. The van der Waals surface area contributed by atoms with E-state index in [-0.39, 0.29) is 12.5 Å². The Balaban J connectivity index is 4.33. The van der Waals surface area contributed by atoms with Crippen molar-refractivity contribution in [2.75, 3.05) is 20.3 Å². The summed E-state index contributed by atoms with van der Waals surface area (Å²) in [4.78, 5) is 12.9. The lowest BCUT2D eigenvalue weighted by Gasteiger charge is -2.33. The molecule has 0 radical (unpaired) electrons. The Kier molecular flexibility index (Phi) is 7.34. The number of carboxylic acid groups (broad SMARTS) is 1. The summed E-state index contributed by atoms with van der Waals surface area (Å²) in [7, 11) is 1.66. The summed E-state index contributed by atoms with van der Waals surface area (Å²) in [5.74, 6) is -0.732. The zero-order valence-electron chi connectivity index (χ0n) is 10.2. The molecule has 0 aliphatic rings. The molecule has 0 saturated carbocycles. The summed E-state index contributed by atoms with van der Waals surface area (Å²) in [5.41, 5.74) is 0. The maximum atomic E-state index is 10.7. The minimum Gasteiger partial charge on any atom is -0.481 e. The average Bonchev–Trinajstić information content (AvgIpc) is 2.15. The van der Waals surface area contributed by atoms with Crippen molar-refractivity contribution in [2.45, 2.75) is 45.7 Å². The molecule has 0 fully saturated rings. The molecule has 0 aromatic carbocycles. The number of hydrogen-bond donors (Lipinski definition) is 1. The van der Waals surface area contributed by atoms with Crippen molar-refractivity contribution in [1.82, 2.24) is 4.90 Å². The summed E-state index contributed by atoms with van der Waals surface area (Å²) in [6, 6.07) is 0.460. The third-order valence-electron chi connectivity index (χ3n) is 2.57. The van der Waals surface area contributed by atoms with Crippen LogP contribution >= 0.6 is 0 Å². The second-order valence-corrected chi connectivity index (χ2v) is 3.98. The van der Waals surface area contributed by atoms with Crippen LogP contribution in [0.3, 0.4) is 0 Å². The molecule has 0 aliphatic heterocycles. The molecule has 1 N–H and O–H groups in total. The first-order valence-corrected chi connectivity index (χ1v) is 5.49. The number of rotatable bonds is 8. The first kappa shape index (κ1) is 14.4. The molecule has 0 spiro atoms. The second kappa shape index (κ2) is 7.65. The Morgan fingerprint density at radius 2 is 2.07 bits per heavy atom. The molecule has 1 unspecified atom stereocenters.